The zero-order chi connectivity index (χ0) is 14.2. The molecular weight excluding hydrogens is 252 g/mol. The van der Waals surface area contributed by atoms with E-state index in [0.29, 0.717) is 13.1 Å². The number of likely N-dealkylation sites (N-methyl/N-ethyl adjacent to an activating group) is 1. The Balaban J connectivity index is 1.93. The Morgan fingerprint density at radius 2 is 2.00 bits per heavy atom. The SMILES string of the molecule is CNC(=O)CN(CCc1ccccc1)Cc1ccco1. The Bertz CT molecular complexity index is 509. The van der Waals surface area contributed by atoms with Crippen LogP contribution in [0.1, 0.15) is 11.3 Å². The smallest absolute Gasteiger partial charge is 0.233 e. The second-order valence-corrected chi connectivity index (χ2v) is 4.70. The van der Waals surface area contributed by atoms with Crippen molar-refractivity contribution in [2.75, 3.05) is 20.1 Å². The summed E-state index contributed by atoms with van der Waals surface area (Å²) in [5.74, 6) is 0.895. The fourth-order valence-electron chi connectivity index (χ4n) is 2.05. The van der Waals surface area contributed by atoms with E-state index in [4.69, 9.17) is 4.42 Å². The van der Waals surface area contributed by atoms with Crippen LogP contribution in [0.2, 0.25) is 0 Å². The number of nitrogens with zero attached hydrogens (tertiary/aromatic N) is 1. The monoisotopic (exact) mass is 272 g/mol. The van der Waals surface area contributed by atoms with Gasteiger partial charge in [-0.15, -0.1) is 0 Å². The van der Waals surface area contributed by atoms with Crippen molar-refractivity contribution in [3.05, 3.63) is 60.1 Å². The van der Waals surface area contributed by atoms with Gasteiger partial charge in [-0.3, -0.25) is 9.69 Å². The summed E-state index contributed by atoms with van der Waals surface area (Å²) < 4.78 is 5.36. The highest BCUT2D eigenvalue weighted by Gasteiger charge is 2.11. The van der Waals surface area contributed by atoms with Gasteiger partial charge in [-0.1, -0.05) is 30.3 Å². The molecule has 0 aliphatic carbocycles. The van der Waals surface area contributed by atoms with Gasteiger partial charge in [0.1, 0.15) is 5.76 Å². The van der Waals surface area contributed by atoms with Crippen molar-refractivity contribution in [1.29, 1.82) is 0 Å². The average molecular weight is 272 g/mol. The van der Waals surface area contributed by atoms with Gasteiger partial charge >= 0.3 is 0 Å². The van der Waals surface area contributed by atoms with E-state index in [2.05, 4.69) is 22.3 Å². The molecule has 1 heterocycles. The molecule has 0 radical (unpaired) electrons. The predicted octanol–water partition coefficient (Wildman–Crippen LogP) is 2.07. The number of nitrogens with one attached hydrogen (secondary N) is 1. The maximum Gasteiger partial charge on any atom is 0.233 e. The molecule has 0 unspecified atom stereocenters. The Morgan fingerprint density at radius 3 is 2.65 bits per heavy atom. The molecule has 20 heavy (non-hydrogen) atoms. The van der Waals surface area contributed by atoms with Crippen molar-refractivity contribution < 1.29 is 9.21 Å². The van der Waals surface area contributed by atoms with E-state index >= 15 is 0 Å². The first kappa shape index (κ1) is 14.3. The lowest BCUT2D eigenvalue weighted by Crippen LogP contribution is -2.36. The highest BCUT2D eigenvalue weighted by atomic mass is 16.3. The second-order valence-electron chi connectivity index (χ2n) is 4.70. The highest BCUT2D eigenvalue weighted by Crippen LogP contribution is 2.07. The summed E-state index contributed by atoms with van der Waals surface area (Å²) in [6, 6.07) is 14.1. The molecule has 4 nitrogen and oxygen atoms in total. The molecule has 2 rings (SSSR count). The van der Waals surface area contributed by atoms with Gasteiger partial charge in [0.2, 0.25) is 5.91 Å². The lowest BCUT2D eigenvalue weighted by atomic mass is 10.1. The van der Waals surface area contributed by atoms with Gasteiger partial charge in [0.15, 0.2) is 0 Å². The van der Waals surface area contributed by atoms with E-state index in [-0.39, 0.29) is 5.91 Å². The first-order valence-corrected chi connectivity index (χ1v) is 6.77. The zero-order valence-electron chi connectivity index (χ0n) is 11.7. The lowest BCUT2D eigenvalue weighted by molar-refractivity contribution is -0.121. The average Bonchev–Trinajstić information content (AvgIpc) is 2.98. The Hall–Kier alpha value is -2.07. The van der Waals surface area contributed by atoms with Crippen LogP contribution >= 0.6 is 0 Å². The van der Waals surface area contributed by atoms with Gasteiger partial charge in [-0.25, -0.2) is 0 Å². The summed E-state index contributed by atoms with van der Waals surface area (Å²) in [5.41, 5.74) is 1.27. The number of amides is 1. The van der Waals surface area contributed by atoms with E-state index in [9.17, 15) is 4.79 Å². The molecule has 106 valence electrons. The minimum absolute atomic E-state index is 0.0182. The minimum atomic E-state index is 0.0182. The summed E-state index contributed by atoms with van der Waals surface area (Å²) >= 11 is 0. The fraction of sp³-hybridized carbons (Fsp3) is 0.312. The third kappa shape index (κ3) is 4.55. The van der Waals surface area contributed by atoms with Crippen molar-refractivity contribution in [3.63, 3.8) is 0 Å². The maximum absolute atomic E-state index is 11.6. The molecule has 1 aromatic carbocycles. The van der Waals surface area contributed by atoms with E-state index in [1.807, 2.05) is 30.3 Å². The fourth-order valence-corrected chi connectivity index (χ4v) is 2.05. The highest BCUT2D eigenvalue weighted by molar-refractivity contribution is 5.77. The van der Waals surface area contributed by atoms with Crippen LogP contribution < -0.4 is 5.32 Å². The summed E-state index contributed by atoms with van der Waals surface area (Å²) in [6.45, 7) is 1.84. The number of furan rings is 1. The predicted molar refractivity (Wildman–Crippen MR) is 78.2 cm³/mol. The lowest BCUT2D eigenvalue weighted by Gasteiger charge is -2.20. The Labute approximate surface area is 119 Å². The van der Waals surface area contributed by atoms with Gasteiger partial charge in [-0.05, 0) is 24.1 Å². The molecule has 4 heteroatoms. The van der Waals surface area contributed by atoms with Crippen molar-refractivity contribution in [2.45, 2.75) is 13.0 Å². The van der Waals surface area contributed by atoms with Crippen molar-refractivity contribution in [3.8, 4) is 0 Å². The molecule has 0 aliphatic heterocycles. The third-order valence-corrected chi connectivity index (χ3v) is 3.17. The van der Waals surface area contributed by atoms with E-state index in [1.54, 1.807) is 13.3 Å². The second kappa shape index (κ2) is 7.50. The number of hydrogen-bond acceptors (Lipinski definition) is 3. The molecule has 0 spiro atoms. The zero-order valence-corrected chi connectivity index (χ0v) is 11.7. The normalized spacial score (nSPS) is 10.7. The van der Waals surface area contributed by atoms with Crippen molar-refractivity contribution in [1.82, 2.24) is 10.2 Å². The molecule has 1 amide bonds. The van der Waals surface area contributed by atoms with E-state index in [1.165, 1.54) is 5.56 Å². The number of benzene rings is 1. The first-order chi connectivity index (χ1) is 9.78. The molecular formula is C16H20N2O2. The molecule has 1 N–H and O–H groups in total. The molecule has 0 atom stereocenters. The van der Waals surface area contributed by atoms with Crippen molar-refractivity contribution in [2.24, 2.45) is 0 Å². The Morgan fingerprint density at radius 1 is 1.20 bits per heavy atom. The largest absolute Gasteiger partial charge is 0.468 e. The summed E-state index contributed by atoms with van der Waals surface area (Å²) in [4.78, 5) is 13.7. The molecule has 2 aromatic rings. The quantitative estimate of drug-likeness (QED) is 0.839. The van der Waals surface area contributed by atoms with Crippen LogP contribution in [0.3, 0.4) is 0 Å². The van der Waals surface area contributed by atoms with Gasteiger partial charge in [-0.2, -0.15) is 0 Å². The third-order valence-electron chi connectivity index (χ3n) is 3.17. The topological polar surface area (TPSA) is 45.5 Å². The summed E-state index contributed by atoms with van der Waals surface area (Å²) in [6.07, 6.45) is 2.57. The van der Waals surface area contributed by atoms with Crippen LogP contribution in [0, 0.1) is 0 Å². The minimum Gasteiger partial charge on any atom is -0.468 e. The van der Waals surface area contributed by atoms with Crippen LogP contribution in [-0.2, 0) is 17.8 Å². The molecule has 1 aromatic heterocycles. The molecule has 0 saturated carbocycles. The van der Waals surface area contributed by atoms with Crippen LogP contribution in [0.15, 0.2) is 53.1 Å². The summed E-state index contributed by atoms with van der Waals surface area (Å²) in [7, 11) is 1.66. The van der Waals surface area contributed by atoms with Gasteiger partial charge < -0.3 is 9.73 Å². The molecule has 0 aliphatic rings. The van der Waals surface area contributed by atoms with E-state index < -0.39 is 0 Å². The van der Waals surface area contributed by atoms with Gasteiger partial charge in [0.25, 0.3) is 0 Å². The summed E-state index contributed by atoms with van der Waals surface area (Å²) in [5, 5.41) is 2.66. The first-order valence-electron chi connectivity index (χ1n) is 6.77. The van der Waals surface area contributed by atoms with Crippen LogP contribution in [0.5, 0.6) is 0 Å². The maximum atomic E-state index is 11.6. The van der Waals surface area contributed by atoms with E-state index in [0.717, 1.165) is 18.7 Å². The van der Waals surface area contributed by atoms with Crippen LogP contribution in [0.25, 0.3) is 0 Å². The van der Waals surface area contributed by atoms with Crippen LogP contribution in [-0.4, -0.2) is 30.9 Å². The standard InChI is InChI=1S/C16H20N2O2/c1-17-16(19)13-18(12-15-8-5-11-20-15)10-9-14-6-3-2-4-7-14/h2-8,11H,9-10,12-13H2,1H3,(H,17,19). The Kier molecular flexibility index (Phi) is 5.38. The van der Waals surface area contributed by atoms with Gasteiger partial charge in [0.05, 0.1) is 19.4 Å². The molecule has 0 saturated heterocycles. The number of hydrogen-bond donors (Lipinski definition) is 1. The molecule has 0 bridgehead atoms. The van der Waals surface area contributed by atoms with Gasteiger partial charge in [0, 0.05) is 13.6 Å². The molecule has 0 fully saturated rings. The number of rotatable bonds is 7. The van der Waals surface area contributed by atoms with Crippen LogP contribution in [0.4, 0.5) is 0 Å². The number of carbonyl (C=O) groups is 1. The number of carbonyl (C=O) groups excluding carboxylic acids is 1. The van der Waals surface area contributed by atoms with Crippen molar-refractivity contribution >= 4 is 5.91 Å².